The van der Waals surface area contributed by atoms with Gasteiger partial charge in [-0.1, -0.05) is 12.1 Å². The number of piperidine rings is 1. The summed E-state index contributed by atoms with van der Waals surface area (Å²) in [4.78, 5) is 0. The van der Waals surface area contributed by atoms with E-state index in [1.807, 2.05) is 30.3 Å². The predicted molar refractivity (Wildman–Crippen MR) is 106 cm³/mol. The van der Waals surface area contributed by atoms with Crippen LogP contribution < -0.4 is 19.5 Å². The lowest BCUT2D eigenvalue weighted by atomic mass is 9.81. The lowest BCUT2D eigenvalue weighted by molar-refractivity contribution is 0.173. The van der Waals surface area contributed by atoms with Gasteiger partial charge in [-0.15, -0.1) is 0 Å². The third kappa shape index (κ3) is 6.59. The molecule has 4 rings (SSSR count). The van der Waals surface area contributed by atoms with Crippen molar-refractivity contribution in [2.75, 3.05) is 32.7 Å². The minimum absolute atomic E-state index is 0.194. The van der Waals surface area contributed by atoms with Gasteiger partial charge in [0.2, 0.25) is 6.79 Å². The van der Waals surface area contributed by atoms with Gasteiger partial charge in [0.25, 0.3) is 10.1 Å². The lowest BCUT2D eigenvalue weighted by Crippen LogP contribution is -2.38. The van der Waals surface area contributed by atoms with Gasteiger partial charge in [-0.3, -0.25) is 4.55 Å². The summed E-state index contributed by atoms with van der Waals surface area (Å²) in [5.74, 6) is 2.79. The Hall–Kier alpha value is -2.36. The molecule has 0 bridgehead atoms. The molecule has 1 saturated heterocycles. The maximum Gasteiger partial charge on any atom is 0.261 e. The predicted octanol–water partition coefficient (Wildman–Crippen LogP) is 2.83. The molecular formula is C20H24FNO6S. The molecule has 2 N–H and O–H groups in total. The van der Waals surface area contributed by atoms with Crippen molar-refractivity contribution in [3.05, 3.63) is 53.8 Å². The Morgan fingerprint density at radius 2 is 1.86 bits per heavy atom. The molecule has 0 aromatic heterocycles. The average molecular weight is 425 g/mol. The Morgan fingerprint density at radius 3 is 2.59 bits per heavy atom. The van der Waals surface area contributed by atoms with Gasteiger partial charge in [0, 0.05) is 18.5 Å². The van der Waals surface area contributed by atoms with Crippen molar-refractivity contribution in [3.8, 4) is 17.2 Å². The standard InChI is InChI=1S/C19H20FNO3.CH4O3S/c20-15-3-1-13(2-4-15)17-7-8-21-10-14(17)11-22-16-5-6-18-19(9-16)24-12-23-18;1-5(2,3)4/h1-6,9,14,17,21H,7-8,10-12H2;1H3,(H,2,3,4)/t14-,17-;/m0./s1. The molecule has 0 aliphatic carbocycles. The Kier molecular flexibility index (Phi) is 6.94. The minimum atomic E-state index is -3.67. The molecule has 158 valence electrons. The Bertz CT molecular complexity index is 911. The molecule has 7 nitrogen and oxygen atoms in total. The number of hydrogen-bond donors (Lipinski definition) is 2. The number of rotatable bonds is 4. The number of fused-ring (bicyclic) bond motifs is 1. The molecule has 2 atom stereocenters. The summed E-state index contributed by atoms with van der Waals surface area (Å²) in [6.45, 7) is 2.74. The first-order chi connectivity index (χ1) is 13.8. The third-order valence-electron chi connectivity index (χ3n) is 4.71. The van der Waals surface area contributed by atoms with E-state index in [-0.39, 0.29) is 12.6 Å². The minimum Gasteiger partial charge on any atom is -0.493 e. The molecule has 2 aliphatic heterocycles. The second kappa shape index (κ2) is 9.43. The number of benzene rings is 2. The van der Waals surface area contributed by atoms with Gasteiger partial charge in [0.15, 0.2) is 11.5 Å². The molecule has 2 heterocycles. The summed E-state index contributed by atoms with van der Waals surface area (Å²) in [6, 6.07) is 12.5. The zero-order chi connectivity index (χ0) is 20.9. The Morgan fingerprint density at radius 1 is 1.17 bits per heavy atom. The third-order valence-corrected chi connectivity index (χ3v) is 4.71. The largest absolute Gasteiger partial charge is 0.493 e. The van der Waals surface area contributed by atoms with E-state index in [9.17, 15) is 12.8 Å². The quantitative estimate of drug-likeness (QED) is 0.728. The highest BCUT2D eigenvalue weighted by Gasteiger charge is 2.27. The zero-order valence-electron chi connectivity index (χ0n) is 16.0. The smallest absolute Gasteiger partial charge is 0.261 e. The van der Waals surface area contributed by atoms with Gasteiger partial charge in [0.1, 0.15) is 11.6 Å². The van der Waals surface area contributed by atoms with Gasteiger partial charge in [-0.25, -0.2) is 4.39 Å². The zero-order valence-corrected chi connectivity index (χ0v) is 16.8. The van der Waals surface area contributed by atoms with Crippen LogP contribution >= 0.6 is 0 Å². The van der Waals surface area contributed by atoms with Gasteiger partial charge < -0.3 is 19.5 Å². The van der Waals surface area contributed by atoms with Crippen LogP contribution in [0.5, 0.6) is 17.2 Å². The summed E-state index contributed by atoms with van der Waals surface area (Å²) in [6.07, 6.45) is 1.74. The van der Waals surface area contributed by atoms with Crippen molar-refractivity contribution in [1.82, 2.24) is 5.32 Å². The van der Waals surface area contributed by atoms with E-state index >= 15 is 0 Å². The highest BCUT2D eigenvalue weighted by molar-refractivity contribution is 7.85. The van der Waals surface area contributed by atoms with Gasteiger partial charge >= 0.3 is 0 Å². The molecule has 2 aromatic rings. The van der Waals surface area contributed by atoms with Gasteiger partial charge in [-0.05, 0) is 48.7 Å². The maximum atomic E-state index is 13.2. The van der Waals surface area contributed by atoms with Gasteiger partial charge in [0.05, 0.1) is 12.9 Å². The van der Waals surface area contributed by atoms with E-state index in [1.165, 1.54) is 17.7 Å². The molecule has 0 radical (unpaired) electrons. The van der Waals surface area contributed by atoms with Crippen LogP contribution in [-0.2, 0) is 10.1 Å². The summed E-state index contributed by atoms with van der Waals surface area (Å²) in [5.41, 5.74) is 1.18. The summed E-state index contributed by atoms with van der Waals surface area (Å²) >= 11 is 0. The van der Waals surface area contributed by atoms with Crippen molar-refractivity contribution >= 4 is 10.1 Å². The van der Waals surface area contributed by atoms with Crippen molar-refractivity contribution in [2.45, 2.75) is 12.3 Å². The average Bonchev–Trinajstić information content (AvgIpc) is 3.14. The molecule has 29 heavy (non-hydrogen) atoms. The van der Waals surface area contributed by atoms with Crippen LogP contribution in [0, 0.1) is 11.7 Å². The number of hydrogen-bond acceptors (Lipinski definition) is 6. The molecule has 0 amide bonds. The molecule has 2 aromatic carbocycles. The highest BCUT2D eigenvalue weighted by atomic mass is 32.2. The molecular weight excluding hydrogens is 401 g/mol. The molecule has 2 aliphatic rings. The highest BCUT2D eigenvalue weighted by Crippen LogP contribution is 2.36. The fourth-order valence-electron chi connectivity index (χ4n) is 3.42. The summed E-state index contributed by atoms with van der Waals surface area (Å²) < 4.78 is 55.7. The second-order valence-electron chi connectivity index (χ2n) is 6.97. The summed E-state index contributed by atoms with van der Waals surface area (Å²) in [7, 11) is -3.67. The fraction of sp³-hybridized carbons (Fsp3) is 0.400. The van der Waals surface area contributed by atoms with Crippen molar-refractivity contribution in [1.29, 1.82) is 0 Å². The maximum absolute atomic E-state index is 13.2. The van der Waals surface area contributed by atoms with Crippen molar-refractivity contribution in [2.24, 2.45) is 5.92 Å². The SMILES string of the molecule is CS(=O)(=O)O.Fc1ccc([C@@H]2CCNC[C@H]2COc2ccc3c(c2)OCO3)cc1. The van der Waals surface area contributed by atoms with Crippen LogP contribution in [-0.4, -0.2) is 45.7 Å². The van der Waals surface area contributed by atoms with E-state index < -0.39 is 10.1 Å². The molecule has 9 heteroatoms. The van der Waals surface area contributed by atoms with Crippen LogP contribution in [0.2, 0.25) is 0 Å². The topological polar surface area (TPSA) is 94.1 Å². The second-order valence-corrected chi connectivity index (χ2v) is 8.44. The first-order valence-corrected chi connectivity index (χ1v) is 11.1. The van der Waals surface area contributed by atoms with E-state index in [2.05, 4.69) is 5.32 Å². The van der Waals surface area contributed by atoms with Crippen LogP contribution in [0.25, 0.3) is 0 Å². The van der Waals surface area contributed by atoms with E-state index in [0.717, 1.165) is 36.8 Å². The van der Waals surface area contributed by atoms with Crippen LogP contribution in [0.4, 0.5) is 4.39 Å². The first-order valence-electron chi connectivity index (χ1n) is 9.20. The summed E-state index contributed by atoms with van der Waals surface area (Å²) in [5, 5.41) is 3.43. The lowest BCUT2D eigenvalue weighted by Gasteiger charge is -2.32. The fourth-order valence-corrected chi connectivity index (χ4v) is 3.42. The number of halogens is 1. The normalized spacial score (nSPS) is 20.5. The molecule has 0 spiro atoms. The van der Waals surface area contributed by atoms with E-state index in [4.69, 9.17) is 18.8 Å². The van der Waals surface area contributed by atoms with Gasteiger partial charge in [-0.2, -0.15) is 8.42 Å². The number of nitrogens with one attached hydrogen (secondary N) is 1. The van der Waals surface area contributed by atoms with Crippen LogP contribution in [0.15, 0.2) is 42.5 Å². The van der Waals surface area contributed by atoms with Crippen LogP contribution in [0.3, 0.4) is 0 Å². The molecule has 0 unspecified atom stereocenters. The van der Waals surface area contributed by atoms with E-state index in [0.29, 0.717) is 24.7 Å². The van der Waals surface area contributed by atoms with Crippen LogP contribution in [0.1, 0.15) is 17.9 Å². The molecule has 1 fully saturated rings. The number of ether oxygens (including phenoxy) is 3. The Labute approximate surface area is 169 Å². The van der Waals surface area contributed by atoms with E-state index in [1.54, 1.807) is 0 Å². The Balaban J connectivity index is 0.000000431. The van der Waals surface area contributed by atoms with Crippen molar-refractivity contribution in [3.63, 3.8) is 0 Å². The molecule has 0 saturated carbocycles. The van der Waals surface area contributed by atoms with Crippen molar-refractivity contribution < 1.29 is 31.6 Å². The monoisotopic (exact) mass is 425 g/mol. The first kappa shape index (κ1) is 21.4.